The van der Waals surface area contributed by atoms with Crippen molar-refractivity contribution >= 4 is 17.3 Å². The molecule has 0 radical (unpaired) electrons. The minimum Gasteiger partial charge on any atom is -0.253 e. The van der Waals surface area contributed by atoms with Crippen LogP contribution in [0.3, 0.4) is 0 Å². The summed E-state index contributed by atoms with van der Waals surface area (Å²) in [6, 6.07) is 13.6. The van der Waals surface area contributed by atoms with Gasteiger partial charge in [-0.3, -0.25) is 4.98 Å². The van der Waals surface area contributed by atoms with E-state index in [2.05, 4.69) is 16.3 Å². The monoisotopic (exact) mass is 282 g/mol. The molecule has 2 aromatic rings. The van der Waals surface area contributed by atoms with Gasteiger partial charge in [-0.1, -0.05) is 41.9 Å². The molecule has 0 spiro atoms. The Balaban J connectivity index is 2.01. The van der Waals surface area contributed by atoms with Crippen molar-refractivity contribution in [1.29, 1.82) is 5.26 Å². The molecule has 1 unspecified atom stereocenters. The van der Waals surface area contributed by atoms with E-state index in [4.69, 9.17) is 16.9 Å². The summed E-state index contributed by atoms with van der Waals surface area (Å²) in [5, 5.41) is 15.4. The third-order valence-electron chi connectivity index (χ3n) is 3.22. The Kier molecular flexibility index (Phi) is 3.36. The maximum absolute atomic E-state index is 9.07. The van der Waals surface area contributed by atoms with Crippen LogP contribution in [0.25, 0.3) is 0 Å². The maximum atomic E-state index is 9.07. The predicted molar refractivity (Wildman–Crippen MR) is 77.3 cm³/mol. The average Bonchev–Trinajstić information content (AvgIpc) is 2.93. The van der Waals surface area contributed by atoms with Gasteiger partial charge >= 0.3 is 0 Å². The van der Waals surface area contributed by atoms with E-state index in [1.165, 1.54) is 5.01 Å². The summed E-state index contributed by atoms with van der Waals surface area (Å²) in [4.78, 5) is 4.31. The lowest BCUT2D eigenvalue weighted by Crippen LogP contribution is -2.16. The van der Waals surface area contributed by atoms with Crippen molar-refractivity contribution in [3.8, 4) is 6.19 Å². The molecule has 0 N–H and O–H groups in total. The fourth-order valence-electron chi connectivity index (χ4n) is 2.27. The normalized spacial score (nSPS) is 17.7. The Morgan fingerprint density at radius 1 is 1.20 bits per heavy atom. The summed E-state index contributed by atoms with van der Waals surface area (Å²) >= 11 is 5.86. The SMILES string of the molecule is N#CN1CC(c2ccccc2)C(c2ccc(Cl)cn2)=N1. The molecule has 0 amide bonds. The first-order valence-electron chi connectivity index (χ1n) is 6.20. The molecule has 1 aromatic carbocycles. The summed E-state index contributed by atoms with van der Waals surface area (Å²) < 4.78 is 0. The van der Waals surface area contributed by atoms with Gasteiger partial charge in [0.2, 0.25) is 6.19 Å². The van der Waals surface area contributed by atoms with Crippen molar-refractivity contribution in [1.82, 2.24) is 9.99 Å². The van der Waals surface area contributed by atoms with Crippen molar-refractivity contribution in [3.63, 3.8) is 0 Å². The van der Waals surface area contributed by atoms with Gasteiger partial charge in [0.25, 0.3) is 0 Å². The van der Waals surface area contributed by atoms with Gasteiger partial charge in [-0.2, -0.15) is 15.4 Å². The third kappa shape index (κ3) is 2.36. The Morgan fingerprint density at radius 2 is 2.00 bits per heavy atom. The summed E-state index contributed by atoms with van der Waals surface area (Å²) in [6.07, 6.45) is 3.66. The molecule has 0 fully saturated rings. The smallest absolute Gasteiger partial charge is 0.201 e. The van der Waals surface area contributed by atoms with Crippen LogP contribution >= 0.6 is 11.6 Å². The van der Waals surface area contributed by atoms with Gasteiger partial charge in [0.05, 0.1) is 28.9 Å². The second-order valence-corrected chi connectivity index (χ2v) is 4.93. The van der Waals surface area contributed by atoms with Crippen LogP contribution in [0.15, 0.2) is 53.8 Å². The first-order chi connectivity index (χ1) is 9.78. The van der Waals surface area contributed by atoms with Gasteiger partial charge < -0.3 is 0 Å². The number of pyridine rings is 1. The molecule has 2 heterocycles. The Hall–Kier alpha value is -2.38. The first-order valence-corrected chi connectivity index (χ1v) is 6.58. The lowest BCUT2D eigenvalue weighted by molar-refractivity contribution is 0.445. The van der Waals surface area contributed by atoms with Crippen LogP contribution in [0.5, 0.6) is 0 Å². The second-order valence-electron chi connectivity index (χ2n) is 4.49. The molecular weight excluding hydrogens is 272 g/mol. The van der Waals surface area contributed by atoms with Crippen molar-refractivity contribution in [2.24, 2.45) is 5.10 Å². The Morgan fingerprint density at radius 3 is 2.65 bits per heavy atom. The molecule has 5 heteroatoms. The first kappa shape index (κ1) is 12.6. The van der Waals surface area contributed by atoms with E-state index in [9.17, 15) is 0 Å². The van der Waals surface area contributed by atoms with Crippen LogP contribution in [-0.4, -0.2) is 22.2 Å². The van der Waals surface area contributed by atoms with Crippen LogP contribution in [0.2, 0.25) is 5.02 Å². The number of aromatic nitrogens is 1. The number of hydrogen-bond donors (Lipinski definition) is 0. The molecule has 1 aliphatic heterocycles. The molecule has 0 saturated carbocycles. The zero-order chi connectivity index (χ0) is 13.9. The van der Waals surface area contributed by atoms with E-state index in [0.717, 1.165) is 17.0 Å². The topological polar surface area (TPSA) is 52.3 Å². The molecular formula is C15H11ClN4. The van der Waals surface area contributed by atoms with E-state index >= 15 is 0 Å². The lowest BCUT2D eigenvalue weighted by Gasteiger charge is -2.12. The lowest BCUT2D eigenvalue weighted by atomic mass is 9.93. The van der Waals surface area contributed by atoms with E-state index in [0.29, 0.717) is 11.6 Å². The number of nitriles is 1. The maximum Gasteiger partial charge on any atom is 0.201 e. The molecule has 20 heavy (non-hydrogen) atoms. The highest BCUT2D eigenvalue weighted by Gasteiger charge is 2.29. The molecule has 98 valence electrons. The molecule has 0 aliphatic carbocycles. The van der Waals surface area contributed by atoms with Crippen LogP contribution in [-0.2, 0) is 0 Å². The average molecular weight is 283 g/mol. The highest BCUT2D eigenvalue weighted by molar-refractivity contribution is 6.30. The Labute approximate surface area is 121 Å². The minimum absolute atomic E-state index is 0.0459. The van der Waals surface area contributed by atoms with E-state index < -0.39 is 0 Å². The quantitative estimate of drug-likeness (QED) is 0.796. The van der Waals surface area contributed by atoms with E-state index in [1.54, 1.807) is 12.3 Å². The number of hydrogen-bond acceptors (Lipinski definition) is 4. The summed E-state index contributed by atoms with van der Waals surface area (Å²) in [7, 11) is 0. The Bertz CT molecular complexity index is 673. The molecule has 0 bridgehead atoms. The second kappa shape index (κ2) is 5.32. The van der Waals surface area contributed by atoms with Crippen molar-refractivity contribution in [2.75, 3.05) is 6.54 Å². The molecule has 4 nitrogen and oxygen atoms in total. The predicted octanol–water partition coefficient (Wildman–Crippen LogP) is 3.02. The van der Waals surface area contributed by atoms with Crippen LogP contribution in [0, 0.1) is 11.5 Å². The molecule has 1 atom stereocenters. The molecule has 1 aromatic heterocycles. The van der Waals surface area contributed by atoms with Gasteiger partial charge in [0, 0.05) is 6.20 Å². The summed E-state index contributed by atoms with van der Waals surface area (Å²) in [5.41, 5.74) is 2.68. The molecule has 3 rings (SSSR count). The van der Waals surface area contributed by atoms with Crippen molar-refractivity contribution in [2.45, 2.75) is 5.92 Å². The van der Waals surface area contributed by atoms with Gasteiger partial charge in [-0.05, 0) is 17.7 Å². The number of benzene rings is 1. The summed E-state index contributed by atoms with van der Waals surface area (Å²) in [5.74, 6) is 0.0459. The number of halogens is 1. The number of nitrogens with zero attached hydrogens (tertiary/aromatic N) is 4. The van der Waals surface area contributed by atoms with Crippen molar-refractivity contribution in [3.05, 3.63) is 64.9 Å². The highest BCUT2D eigenvalue weighted by Crippen LogP contribution is 2.27. The van der Waals surface area contributed by atoms with E-state index in [-0.39, 0.29) is 5.92 Å². The molecule has 1 aliphatic rings. The largest absolute Gasteiger partial charge is 0.253 e. The van der Waals surface area contributed by atoms with Crippen LogP contribution in [0.1, 0.15) is 17.2 Å². The van der Waals surface area contributed by atoms with Crippen molar-refractivity contribution < 1.29 is 0 Å². The van der Waals surface area contributed by atoms with Gasteiger partial charge in [-0.15, -0.1) is 0 Å². The minimum atomic E-state index is 0.0459. The van der Waals surface area contributed by atoms with E-state index in [1.807, 2.05) is 36.4 Å². The fourth-order valence-corrected chi connectivity index (χ4v) is 2.38. The van der Waals surface area contributed by atoms with Gasteiger partial charge in [0.15, 0.2) is 0 Å². The van der Waals surface area contributed by atoms with Crippen LogP contribution in [0.4, 0.5) is 0 Å². The zero-order valence-electron chi connectivity index (χ0n) is 10.6. The number of hydrazone groups is 1. The third-order valence-corrected chi connectivity index (χ3v) is 3.44. The summed E-state index contributed by atoms with van der Waals surface area (Å²) in [6.45, 7) is 0.542. The molecule has 0 saturated heterocycles. The zero-order valence-corrected chi connectivity index (χ0v) is 11.3. The standard InChI is InChI=1S/C15H11ClN4/c16-12-6-7-14(18-8-12)15-13(9-20(10-17)19-15)11-4-2-1-3-5-11/h1-8,13H,9H2. The van der Waals surface area contributed by atoms with Gasteiger partial charge in [0.1, 0.15) is 0 Å². The number of rotatable bonds is 2. The fraction of sp³-hybridized carbons (Fsp3) is 0.133. The van der Waals surface area contributed by atoms with Gasteiger partial charge in [-0.25, -0.2) is 0 Å². The van der Waals surface area contributed by atoms with Crippen LogP contribution < -0.4 is 0 Å². The highest BCUT2D eigenvalue weighted by atomic mass is 35.5.